The lowest BCUT2D eigenvalue weighted by Gasteiger charge is -2.42. The lowest BCUT2D eigenvalue weighted by atomic mass is 9.97. The van der Waals surface area contributed by atoms with Gasteiger partial charge in [-0.15, -0.1) is 11.3 Å². The van der Waals surface area contributed by atoms with Gasteiger partial charge in [0.2, 0.25) is 0 Å². The lowest BCUT2D eigenvalue weighted by Crippen LogP contribution is -2.58. The Morgan fingerprint density at radius 2 is 2.05 bits per heavy atom. The van der Waals surface area contributed by atoms with Crippen LogP contribution in [0.2, 0.25) is 0 Å². The normalized spacial score (nSPS) is 28.2. The van der Waals surface area contributed by atoms with E-state index in [4.69, 9.17) is 0 Å². The molecule has 2 heterocycles. The van der Waals surface area contributed by atoms with Gasteiger partial charge in [-0.1, -0.05) is 20.8 Å². The third-order valence-corrected chi connectivity index (χ3v) is 6.09. The summed E-state index contributed by atoms with van der Waals surface area (Å²) in [5.74, 6) is 1.69. The minimum atomic E-state index is 0.692. The van der Waals surface area contributed by atoms with Crippen molar-refractivity contribution < 1.29 is 0 Å². The number of aryl methyl sites for hydroxylation is 1. The Kier molecular flexibility index (Phi) is 4.49. The van der Waals surface area contributed by atoms with Crippen LogP contribution in [0.1, 0.15) is 43.4 Å². The first kappa shape index (κ1) is 14.6. The third-order valence-electron chi connectivity index (χ3n) is 4.87. The fraction of sp³-hybridized carbons (Fsp3) is 0.765. The van der Waals surface area contributed by atoms with Gasteiger partial charge in [0.15, 0.2) is 0 Å². The molecule has 0 aromatic carbocycles. The fourth-order valence-corrected chi connectivity index (χ4v) is 4.39. The average molecular weight is 292 g/mol. The maximum Gasteiger partial charge on any atom is 0.0332 e. The molecule has 1 saturated carbocycles. The number of hydrogen-bond acceptors (Lipinski definition) is 3. The molecule has 112 valence electrons. The average Bonchev–Trinajstić information content (AvgIpc) is 3.19. The van der Waals surface area contributed by atoms with Gasteiger partial charge in [-0.2, -0.15) is 0 Å². The number of nitrogens with zero attached hydrogens (tertiary/aromatic N) is 1. The summed E-state index contributed by atoms with van der Waals surface area (Å²) in [5.41, 5.74) is 0. The van der Waals surface area contributed by atoms with Crippen LogP contribution in [0.3, 0.4) is 0 Å². The molecule has 0 radical (unpaired) electrons. The molecule has 2 nitrogen and oxygen atoms in total. The largest absolute Gasteiger partial charge is 0.311 e. The van der Waals surface area contributed by atoms with E-state index in [9.17, 15) is 0 Å². The Balaban J connectivity index is 1.68. The van der Waals surface area contributed by atoms with Gasteiger partial charge in [0, 0.05) is 41.5 Å². The quantitative estimate of drug-likeness (QED) is 0.893. The van der Waals surface area contributed by atoms with Crippen molar-refractivity contribution >= 4 is 11.3 Å². The highest BCUT2D eigenvalue weighted by atomic mass is 32.1. The van der Waals surface area contributed by atoms with Crippen LogP contribution in [0.15, 0.2) is 12.1 Å². The molecule has 1 aliphatic heterocycles. The molecule has 20 heavy (non-hydrogen) atoms. The predicted molar refractivity (Wildman–Crippen MR) is 87.2 cm³/mol. The Hall–Kier alpha value is -0.380. The zero-order valence-electron chi connectivity index (χ0n) is 13.1. The van der Waals surface area contributed by atoms with Crippen LogP contribution < -0.4 is 5.32 Å². The summed E-state index contributed by atoms with van der Waals surface area (Å²) in [4.78, 5) is 5.81. The molecular weight excluding hydrogens is 264 g/mol. The van der Waals surface area contributed by atoms with E-state index in [-0.39, 0.29) is 0 Å². The molecule has 3 rings (SSSR count). The van der Waals surface area contributed by atoms with E-state index in [1.807, 2.05) is 11.3 Å². The first-order valence-electron chi connectivity index (χ1n) is 8.22. The lowest BCUT2D eigenvalue weighted by molar-refractivity contribution is 0.0862. The molecule has 0 amide bonds. The van der Waals surface area contributed by atoms with Crippen LogP contribution >= 0.6 is 11.3 Å². The number of rotatable bonds is 5. The van der Waals surface area contributed by atoms with Gasteiger partial charge in [-0.3, -0.25) is 4.90 Å². The molecule has 2 atom stereocenters. The SMILES string of the molecule is CCc1ccc(CN2CC(C3CC3)NCC2C(C)C)s1. The minimum absolute atomic E-state index is 0.692. The van der Waals surface area contributed by atoms with Crippen LogP contribution in [0, 0.1) is 11.8 Å². The summed E-state index contributed by atoms with van der Waals surface area (Å²) in [6, 6.07) is 6.09. The van der Waals surface area contributed by atoms with Crippen LogP contribution in [0.5, 0.6) is 0 Å². The van der Waals surface area contributed by atoms with Crippen molar-refractivity contribution in [3.8, 4) is 0 Å². The summed E-state index contributed by atoms with van der Waals surface area (Å²) in [6.07, 6.45) is 4.05. The number of thiophene rings is 1. The van der Waals surface area contributed by atoms with E-state index in [0.29, 0.717) is 6.04 Å². The van der Waals surface area contributed by atoms with Crippen molar-refractivity contribution in [1.29, 1.82) is 0 Å². The van der Waals surface area contributed by atoms with Gasteiger partial charge in [0.1, 0.15) is 0 Å². The van der Waals surface area contributed by atoms with Crippen molar-refractivity contribution in [2.45, 2.75) is 58.7 Å². The highest BCUT2D eigenvalue weighted by Crippen LogP contribution is 2.35. The molecule has 2 unspecified atom stereocenters. The van der Waals surface area contributed by atoms with E-state index in [0.717, 1.165) is 24.4 Å². The highest BCUT2D eigenvalue weighted by molar-refractivity contribution is 7.11. The Labute approximate surface area is 127 Å². The standard InChI is InChI=1S/C17H28N2S/c1-4-14-7-8-15(20-14)10-19-11-16(13-5-6-13)18-9-17(19)12(2)3/h7-8,12-13,16-18H,4-6,9-11H2,1-3H3. The second-order valence-corrected chi connectivity index (χ2v) is 8.07. The van der Waals surface area contributed by atoms with Crippen molar-refractivity contribution in [1.82, 2.24) is 10.2 Å². The second-order valence-electron chi connectivity index (χ2n) is 6.81. The molecule has 2 aliphatic rings. The molecule has 1 saturated heterocycles. The Morgan fingerprint density at radius 1 is 1.30 bits per heavy atom. The summed E-state index contributed by atoms with van der Waals surface area (Å²) >= 11 is 2.00. The summed E-state index contributed by atoms with van der Waals surface area (Å²) < 4.78 is 0. The van der Waals surface area contributed by atoms with Gasteiger partial charge >= 0.3 is 0 Å². The third kappa shape index (κ3) is 3.26. The van der Waals surface area contributed by atoms with E-state index in [1.165, 1.54) is 37.2 Å². The summed E-state index contributed by atoms with van der Waals surface area (Å²) in [6.45, 7) is 10.5. The first-order valence-corrected chi connectivity index (χ1v) is 9.04. The summed E-state index contributed by atoms with van der Waals surface area (Å²) in [7, 11) is 0. The maximum absolute atomic E-state index is 3.81. The molecule has 1 aliphatic carbocycles. The van der Waals surface area contributed by atoms with Gasteiger partial charge in [0.05, 0.1) is 0 Å². The van der Waals surface area contributed by atoms with Crippen LogP contribution in [0.25, 0.3) is 0 Å². The zero-order valence-corrected chi connectivity index (χ0v) is 13.9. The Bertz CT molecular complexity index is 436. The van der Waals surface area contributed by atoms with Crippen LogP contribution in [0.4, 0.5) is 0 Å². The molecule has 1 aromatic rings. The van der Waals surface area contributed by atoms with Gasteiger partial charge in [0.25, 0.3) is 0 Å². The van der Waals surface area contributed by atoms with E-state index in [1.54, 1.807) is 4.88 Å². The monoisotopic (exact) mass is 292 g/mol. The molecular formula is C17H28N2S. The second kappa shape index (κ2) is 6.17. The molecule has 0 bridgehead atoms. The topological polar surface area (TPSA) is 15.3 Å². The van der Waals surface area contributed by atoms with Crippen LogP contribution in [-0.2, 0) is 13.0 Å². The van der Waals surface area contributed by atoms with Crippen LogP contribution in [-0.4, -0.2) is 30.1 Å². The molecule has 1 aromatic heterocycles. The van der Waals surface area contributed by atoms with Gasteiger partial charge in [-0.25, -0.2) is 0 Å². The van der Waals surface area contributed by atoms with Crippen molar-refractivity contribution in [3.05, 3.63) is 21.9 Å². The summed E-state index contributed by atoms with van der Waals surface area (Å²) in [5, 5.41) is 3.81. The molecule has 3 heteroatoms. The fourth-order valence-electron chi connectivity index (χ4n) is 3.40. The number of nitrogens with one attached hydrogen (secondary N) is 1. The van der Waals surface area contributed by atoms with Crippen molar-refractivity contribution in [2.75, 3.05) is 13.1 Å². The zero-order chi connectivity index (χ0) is 14.1. The molecule has 1 N–H and O–H groups in total. The Morgan fingerprint density at radius 3 is 2.65 bits per heavy atom. The van der Waals surface area contributed by atoms with Crippen molar-refractivity contribution in [3.63, 3.8) is 0 Å². The minimum Gasteiger partial charge on any atom is -0.311 e. The molecule has 0 spiro atoms. The van der Waals surface area contributed by atoms with Gasteiger partial charge in [-0.05, 0) is 43.2 Å². The van der Waals surface area contributed by atoms with E-state index < -0.39 is 0 Å². The smallest absolute Gasteiger partial charge is 0.0332 e. The predicted octanol–water partition coefficient (Wildman–Crippen LogP) is 3.52. The maximum atomic E-state index is 3.81. The van der Waals surface area contributed by atoms with E-state index >= 15 is 0 Å². The number of hydrogen-bond donors (Lipinski definition) is 1. The van der Waals surface area contributed by atoms with Gasteiger partial charge < -0.3 is 5.32 Å². The highest BCUT2D eigenvalue weighted by Gasteiger charge is 2.37. The first-order chi connectivity index (χ1) is 9.67. The molecule has 2 fully saturated rings. The number of piperazine rings is 1. The van der Waals surface area contributed by atoms with Crippen molar-refractivity contribution in [2.24, 2.45) is 11.8 Å². The van der Waals surface area contributed by atoms with E-state index in [2.05, 4.69) is 43.1 Å².